The highest BCUT2D eigenvalue weighted by molar-refractivity contribution is 6.01. The molecule has 4 heterocycles. The van der Waals surface area contributed by atoms with Gasteiger partial charge < -0.3 is 19.4 Å². The third-order valence-corrected chi connectivity index (χ3v) is 7.67. The molecule has 2 aliphatic heterocycles. The molecule has 0 bridgehead atoms. The number of likely N-dealkylation sites (tertiary alicyclic amines) is 1. The molecule has 8 nitrogen and oxygen atoms in total. The Labute approximate surface area is 248 Å². The van der Waals surface area contributed by atoms with E-state index in [1.807, 2.05) is 17.2 Å². The zero-order chi connectivity index (χ0) is 30.1. The summed E-state index contributed by atoms with van der Waals surface area (Å²) in [5, 5.41) is 9.76. The standard InChI is InChI=1S/C27H26N4O2.C5H11N.C2H3N/c1-4-25(32)31-13-11-30(12-14-31)23-16-24(33-3)29-22-15-20(17-28-27(22)23)21-10-6-9-19-8-5-7-18(2)26(19)21;1-6-4-2-3-5-6;1-2-3/h4-10,15-17H,1,11-14H2,2-3H3;2-5H2,1H3;1H3. The zero-order valence-corrected chi connectivity index (χ0v) is 25.1. The molecule has 0 aliphatic carbocycles. The fraction of sp³-hybridized carbons (Fsp3) is 0.353. The van der Waals surface area contributed by atoms with Gasteiger partial charge in [-0.05, 0) is 73.9 Å². The molecule has 2 fully saturated rings. The van der Waals surface area contributed by atoms with Crippen LogP contribution >= 0.6 is 0 Å². The summed E-state index contributed by atoms with van der Waals surface area (Å²) >= 11 is 0. The lowest BCUT2D eigenvalue weighted by molar-refractivity contribution is -0.126. The highest BCUT2D eigenvalue weighted by Crippen LogP contribution is 2.35. The summed E-state index contributed by atoms with van der Waals surface area (Å²) in [4.78, 5) is 27.9. The summed E-state index contributed by atoms with van der Waals surface area (Å²) in [7, 11) is 3.80. The van der Waals surface area contributed by atoms with Crippen molar-refractivity contribution in [2.24, 2.45) is 0 Å². The number of nitriles is 1. The van der Waals surface area contributed by atoms with Crippen LogP contribution in [-0.2, 0) is 4.79 Å². The Bertz CT molecular complexity index is 1580. The first-order chi connectivity index (χ1) is 20.4. The van der Waals surface area contributed by atoms with Gasteiger partial charge in [-0.15, -0.1) is 0 Å². The van der Waals surface area contributed by atoms with Gasteiger partial charge in [-0.1, -0.05) is 43.0 Å². The van der Waals surface area contributed by atoms with E-state index in [1.165, 1.54) is 55.3 Å². The number of hydrogen-bond donors (Lipinski definition) is 0. The number of hydrogen-bond acceptors (Lipinski definition) is 7. The van der Waals surface area contributed by atoms with Crippen molar-refractivity contribution in [3.63, 3.8) is 0 Å². The number of rotatable bonds is 4. The van der Waals surface area contributed by atoms with Crippen molar-refractivity contribution in [2.45, 2.75) is 26.7 Å². The fourth-order valence-electron chi connectivity index (χ4n) is 5.51. The van der Waals surface area contributed by atoms with Crippen molar-refractivity contribution in [3.05, 3.63) is 72.9 Å². The Morgan fingerprint density at radius 2 is 1.71 bits per heavy atom. The van der Waals surface area contributed by atoms with Crippen molar-refractivity contribution < 1.29 is 9.53 Å². The molecule has 42 heavy (non-hydrogen) atoms. The van der Waals surface area contributed by atoms with Gasteiger partial charge in [-0.3, -0.25) is 9.78 Å². The van der Waals surface area contributed by atoms with Crippen LogP contribution in [0.2, 0.25) is 0 Å². The van der Waals surface area contributed by atoms with E-state index < -0.39 is 0 Å². The van der Waals surface area contributed by atoms with E-state index in [4.69, 9.17) is 20.0 Å². The fourth-order valence-corrected chi connectivity index (χ4v) is 5.51. The molecule has 2 aromatic heterocycles. The third kappa shape index (κ3) is 7.04. The van der Waals surface area contributed by atoms with Crippen molar-refractivity contribution >= 4 is 33.4 Å². The number of anilines is 1. The van der Waals surface area contributed by atoms with Gasteiger partial charge in [0.2, 0.25) is 11.8 Å². The van der Waals surface area contributed by atoms with Crippen molar-refractivity contribution in [3.8, 4) is 23.1 Å². The molecule has 0 N–H and O–H groups in total. The normalized spacial score (nSPS) is 14.8. The lowest BCUT2D eigenvalue weighted by atomic mass is 9.96. The first-order valence-electron chi connectivity index (χ1n) is 14.4. The number of methoxy groups -OCH3 is 1. The Morgan fingerprint density at radius 1 is 1.05 bits per heavy atom. The second-order valence-corrected chi connectivity index (χ2v) is 10.5. The number of ether oxygens (including phenoxy) is 1. The first kappa shape index (κ1) is 30.5. The van der Waals surface area contributed by atoms with Gasteiger partial charge in [-0.2, -0.15) is 5.26 Å². The smallest absolute Gasteiger partial charge is 0.246 e. The van der Waals surface area contributed by atoms with E-state index in [0.29, 0.717) is 32.1 Å². The number of benzene rings is 2. The summed E-state index contributed by atoms with van der Waals surface area (Å²) in [6, 6.07) is 18.5. The van der Waals surface area contributed by atoms with Gasteiger partial charge in [0.05, 0.1) is 24.4 Å². The van der Waals surface area contributed by atoms with E-state index in [0.717, 1.165) is 27.8 Å². The molecule has 2 aliphatic rings. The average molecular weight is 565 g/mol. The molecular formula is C34H40N6O2. The Kier molecular flexibility index (Phi) is 10.5. The Morgan fingerprint density at radius 3 is 2.31 bits per heavy atom. The summed E-state index contributed by atoms with van der Waals surface area (Å²) in [6.07, 6.45) is 6.13. The number of nitrogens with zero attached hydrogens (tertiary/aromatic N) is 6. The number of aryl methyl sites for hydroxylation is 1. The van der Waals surface area contributed by atoms with Crippen LogP contribution in [0.4, 0.5) is 5.69 Å². The number of fused-ring (bicyclic) bond motifs is 2. The van der Waals surface area contributed by atoms with Gasteiger partial charge in [0.1, 0.15) is 5.52 Å². The largest absolute Gasteiger partial charge is 0.481 e. The number of piperazine rings is 1. The number of amides is 1. The molecule has 4 aromatic rings. The summed E-state index contributed by atoms with van der Waals surface area (Å²) in [5.41, 5.74) is 5.99. The van der Waals surface area contributed by atoms with E-state index in [-0.39, 0.29) is 5.91 Å². The van der Waals surface area contributed by atoms with Crippen LogP contribution in [0.15, 0.2) is 67.4 Å². The monoisotopic (exact) mass is 564 g/mol. The van der Waals surface area contributed by atoms with Crippen molar-refractivity contribution in [1.29, 1.82) is 5.26 Å². The zero-order valence-electron chi connectivity index (χ0n) is 25.1. The van der Waals surface area contributed by atoms with Crippen LogP contribution in [0.25, 0.3) is 32.9 Å². The number of aromatic nitrogens is 2. The van der Waals surface area contributed by atoms with Gasteiger partial charge in [0, 0.05) is 50.9 Å². The van der Waals surface area contributed by atoms with Crippen LogP contribution in [0.5, 0.6) is 5.88 Å². The summed E-state index contributed by atoms with van der Waals surface area (Å²) < 4.78 is 5.52. The SMILES string of the molecule is C=CC(=O)N1CCN(c2cc(OC)nc3cc(-c4cccc5cccc(C)c45)cnc23)CC1.CC#N.CN1CCCC1. The predicted octanol–water partition coefficient (Wildman–Crippen LogP) is 5.84. The van der Waals surface area contributed by atoms with Crippen LogP contribution in [0, 0.1) is 18.3 Å². The predicted molar refractivity (Wildman–Crippen MR) is 171 cm³/mol. The average Bonchev–Trinajstić information content (AvgIpc) is 3.51. The molecule has 0 atom stereocenters. The summed E-state index contributed by atoms with van der Waals surface area (Å²) in [5.74, 6) is 0.523. The van der Waals surface area contributed by atoms with E-state index >= 15 is 0 Å². The Balaban J connectivity index is 0.000000390. The topological polar surface area (TPSA) is 85.6 Å². The molecule has 6 rings (SSSR count). The maximum absolute atomic E-state index is 12.0. The van der Waals surface area contributed by atoms with Gasteiger partial charge in [-0.25, -0.2) is 4.98 Å². The quantitative estimate of drug-likeness (QED) is 0.288. The minimum atomic E-state index is -0.0278. The second-order valence-electron chi connectivity index (χ2n) is 10.5. The molecule has 0 unspecified atom stereocenters. The minimum Gasteiger partial charge on any atom is -0.481 e. The van der Waals surface area contributed by atoms with Gasteiger partial charge in [0.25, 0.3) is 0 Å². The molecule has 218 valence electrons. The molecule has 2 aromatic carbocycles. The van der Waals surface area contributed by atoms with Crippen molar-refractivity contribution in [2.75, 3.05) is 58.3 Å². The first-order valence-corrected chi connectivity index (χ1v) is 14.4. The maximum atomic E-state index is 12.0. The highest BCUT2D eigenvalue weighted by atomic mass is 16.5. The van der Waals surface area contributed by atoms with E-state index in [1.54, 1.807) is 13.2 Å². The minimum absolute atomic E-state index is 0.0278. The van der Waals surface area contributed by atoms with E-state index in [2.05, 4.69) is 72.8 Å². The van der Waals surface area contributed by atoms with E-state index in [9.17, 15) is 4.79 Å². The second kappa shape index (κ2) is 14.4. The van der Waals surface area contributed by atoms with Crippen LogP contribution in [0.3, 0.4) is 0 Å². The highest BCUT2D eigenvalue weighted by Gasteiger charge is 2.23. The molecule has 2 saturated heterocycles. The molecule has 0 radical (unpaired) electrons. The number of carbonyl (C=O) groups excluding carboxylic acids is 1. The molecule has 8 heteroatoms. The van der Waals surface area contributed by atoms with Gasteiger partial charge in [0.15, 0.2) is 0 Å². The Hall–Kier alpha value is -4.48. The van der Waals surface area contributed by atoms with Crippen LogP contribution in [-0.4, -0.2) is 79.1 Å². The van der Waals surface area contributed by atoms with Crippen LogP contribution in [0.1, 0.15) is 25.3 Å². The maximum Gasteiger partial charge on any atom is 0.246 e. The third-order valence-electron chi connectivity index (χ3n) is 7.67. The number of carbonyl (C=O) groups is 1. The molecule has 0 saturated carbocycles. The van der Waals surface area contributed by atoms with Crippen molar-refractivity contribution in [1.82, 2.24) is 19.8 Å². The molecule has 0 spiro atoms. The lowest BCUT2D eigenvalue weighted by Crippen LogP contribution is -2.48. The van der Waals surface area contributed by atoms with Crippen LogP contribution < -0.4 is 9.64 Å². The summed E-state index contributed by atoms with van der Waals surface area (Å²) in [6.45, 7) is 12.5. The van der Waals surface area contributed by atoms with Gasteiger partial charge >= 0.3 is 0 Å². The lowest BCUT2D eigenvalue weighted by Gasteiger charge is -2.36. The molecular weight excluding hydrogens is 524 g/mol. The number of pyridine rings is 2. The molecule has 1 amide bonds.